The Hall–Kier alpha value is -3.19. The van der Waals surface area contributed by atoms with E-state index in [1.807, 2.05) is 0 Å². The van der Waals surface area contributed by atoms with Crippen molar-refractivity contribution in [2.24, 2.45) is 7.05 Å². The van der Waals surface area contributed by atoms with E-state index in [2.05, 4.69) is 0 Å². The van der Waals surface area contributed by atoms with Gasteiger partial charge in [-0.05, 0) is 61.4 Å². The number of methoxy groups -OCH3 is 1. The number of nitriles is 1. The smallest absolute Gasteiger partial charge is 0.380 e. The van der Waals surface area contributed by atoms with Crippen LogP contribution < -0.4 is 4.74 Å². The standard InChI is InChI=1S/C24H18F6N2OS/c1-12-9-17(18(11-31)32(12)3)21-20(22(25,26)24(29,30)23(21,27)28)16-10-19(34-13(16)2)14-5-7-15(33-4)8-6-14/h5-10H,1-4H3. The summed E-state index contributed by atoms with van der Waals surface area (Å²) in [5.74, 6) is -15.5. The first-order chi connectivity index (χ1) is 15.8. The quantitative estimate of drug-likeness (QED) is 0.362. The van der Waals surface area contributed by atoms with Crippen LogP contribution in [0.1, 0.15) is 27.4 Å². The van der Waals surface area contributed by atoms with Crippen molar-refractivity contribution in [1.82, 2.24) is 4.57 Å². The second kappa shape index (κ2) is 7.67. The Bertz CT molecular complexity index is 1360. The van der Waals surface area contributed by atoms with Crippen LogP contribution in [0.4, 0.5) is 26.3 Å². The molecule has 178 valence electrons. The van der Waals surface area contributed by atoms with Gasteiger partial charge in [0.15, 0.2) is 0 Å². The molecule has 0 amide bonds. The SMILES string of the molecule is COc1ccc(-c2cc(C3=C(c4cc(C)n(C)c4C#N)C(F)(F)C(F)(F)C3(F)F)c(C)s2)cc1. The molecule has 0 spiro atoms. The van der Waals surface area contributed by atoms with E-state index in [1.54, 1.807) is 30.3 Å². The average Bonchev–Trinajstić information content (AvgIpc) is 3.32. The van der Waals surface area contributed by atoms with Gasteiger partial charge in [0, 0.05) is 39.2 Å². The summed E-state index contributed by atoms with van der Waals surface area (Å²) in [5, 5.41) is 9.49. The van der Waals surface area contributed by atoms with E-state index in [-0.39, 0.29) is 10.6 Å². The number of hydrogen-bond donors (Lipinski definition) is 0. The van der Waals surface area contributed by atoms with Crippen LogP contribution in [0, 0.1) is 25.2 Å². The van der Waals surface area contributed by atoms with Crippen LogP contribution in [-0.2, 0) is 7.05 Å². The minimum absolute atomic E-state index is 0.164. The molecule has 0 bridgehead atoms. The first kappa shape index (κ1) is 24.0. The van der Waals surface area contributed by atoms with Gasteiger partial charge in [0.25, 0.3) is 0 Å². The summed E-state index contributed by atoms with van der Waals surface area (Å²) in [4.78, 5) is 0.596. The van der Waals surface area contributed by atoms with E-state index in [9.17, 15) is 14.0 Å². The Morgan fingerprint density at radius 3 is 2.00 bits per heavy atom. The molecule has 4 rings (SSSR count). The highest BCUT2D eigenvalue weighted by atomic mass is 32.1. The van der Waals surface area contributed by atoms with Crippen molar-refractivity contribution in [3.05, 3.63) is 63.8 Å². The average molecular weight is 496 g/mol. The summed E-state index contributed by atoms with van der Waals surface area (Å²) in [6.07, 6.45) is 0. The molecule has 2 aromatic heterocycles. The first-order valence-corrected chi connectivity index (χ1v) is 10.8. The number of allylic oxidation sites excluding steroid dienone is 2. The van der Waals surface area contributed by atoms with Gasteiger partial charge in [-0.2, -0.15) is 31.6 Å². The third kappa shape index (κ3) is 3.10. The zero-order valence-corrected chi connectivity index (χ0v) is 19.3. The molecule has 1 aliphatic rings. The number of alkyl halides is 6. The van der Waals surface area contributed by atoms with Crippen molar-refractivity contribution >= 4 is 22.5 Å². The molecule has 0 atom stereocenters. The summed E-state index contributed by atoms with van der Waals surface area (Å²) < 4.78 is 96.0. The van der Waals surface area contributed by atoms with Crippen molar-refractivity contribution in [3.63, 3.8) is 0 Å². The largest absolute Gasteiger partial charge is 0.497 e. The van der Waals surface area contributed by atoms with Crippen molar-refractivity contribution in [2.75, 3.05) is 7.11 Å². The summed E-state index contributed by atoms with van der Waals surface area (Å²) in [6.45, 7) is 2.87. The van der Waals surface area contributed by atoms with Gasteiger partial charge < -0.3 is 9.30 Å². The van der Waals surface area contributed by atoms with E-state index in [4.69, 9.17) is 4.74 Å². The molecule has 0 aliphatic heterocycles. The number of aryl methyl sites for hydroxylation is 2. The summed E-state index contributed by atoms with van der Waals surface area (Å²) in [6, 6.07) is 10.5. The predicted octanol–water partition coefficient (Wildman–Crippen LogP) is 7.08. The maximum absolute atomic E-state index is 15.1. The molecule has 0 unspecified atom stereocenters. The second-order valence-electron chi connectivity index (χ2n) is 8.00. The minimum atomic E-state index is -5.68. The maximum Gasteiger partial charge on any atom is 0.380 e. The topological polar surface area (TPSA) is 38.0 Å². The number of ether oxygens (including phenoxy) is 1. The maximum atomic E-state index is 15.1. The van der Waals surface area contributed by atoms with Crippen LogP contribution in [0.3, 0.4) is 0 Å². The van der Waals surface area contributed by atoms with Crippen molar-refractivity contribution < 1.29 is 31.1 Å². The summed E-state index contributed by atoms with van der Waals surface area (Å²) in [7, 11) is 2.85. The molecule has 0 radical (unpaired) electrons. The van der Waals surface area contributed by atoms with Gasteiger partial charge in [-0.25, -0.2) is 0 Å². The Morgan fingerprint density at radius 2 is 1.47 bits per heavy atom. The van der Waals surface area contributed by atoms with E-state index in [1.165, 1.54) is 38.6 Å². The normalized spacial score (nSPS) is 18.3. The molecule has 3 nitrogen and oxygen atoms in total. The zero-order valence-electron chi connectivity index (χ0n) is 18.4. The monoisotopic (exact) mass is 496 g/mol. The van der Waals surface area contributed by atoms with Gasteiger partial charge in [-0.15, -0.1) is 11.3 Å². The lowest BCUT2D eigenvalue weighted by atomic mass is 9.94. The molecule has 10 heteroatoms. The first-order valence-electron chi connectivity index (χ1n) is 10.00. The fourth-order valence-corrected chi connectivity index (χ4v) is 5.15. The van der Waals surface area contributed by atoms with Crippen molar-refractivity contribution in [3.8, 4) is 22.3 Å². The van der Waals surface area contributed by atoms with Gasteiger partial charge >= 0.3 is 17.8 Å². The highest BCUT2D eigenvalue weighted by molar-refractivity contribution is 7.15. The third-order valence-electron chi connectivity index (χ3n) is 6.08. The van der Waals surface area contributed by atoms with E-state index < -0.39 is 45.7 Å². The van der Waals surface area contributed by atoms with Crippen LogP contribution in [-0.4, -0.2) is 29.4 Å². The number of nitrogens with zero attached hydrogens (tertiary/aromatic N) is 2. The molecular weight excluding hydrogens is 478 g/mol. The lowest BCUT2D eigenvalue weighted by Crippen LogP contribution is -2.48. The van der Waals surface area contributed by atoms with E-state index >= 15 is 17.6 Å². The van der Waals surface area contributed by atoms with E-state index in [0.29, 0.717) is 16.2 Å². The molecule has 0 N–H and O–H groups in total. The predicted molar refractivity (Wildman–Crippen MR) is 118 cm³/mol. The molecule has 34 heavy (non-hydrogen) atoms. The number of hydrogen-bond acceptors (Lipinski definition) is 3. The van der Waals surface area contributed by atoms with Gasteiger partial charge in [0.1, 0.15) is 17.5 Å². The number of rotatable bonds is 4. The molecule has 1 aromatic carbocycles. The number of thiophene rings is 1. The molecule has 2 heterocycles. The van der Waals surface area contributed by atoms with Crippen LogP contribution in [0.25, 0.3) is 21.6 Å². The Kier molecular flexibility index (Phi) is 5.40. The lowest BCUT2D eigenvalue weighted by Gasteiger charge is -2.25. The molecule has 0 saturated heterocycles. The number of benzene rings is 1. The van der Waals surface area contributed by atoms with Gasteiger partial charge in [0.05, 0.1) is 7.11 Å². The van der Waals surface area contributed by atoms with Crippen LogP contribution >= 0.6 is 11.3 Å². The minimum Gasteiger partial charge on any atom is -0.497 e. The second-order valence-corrected chi connectivity index (χ2v) is 9.26. The van der Waals surface area contributed by atoms with Crippen molar-refractivity contribution in [2.45, 2.75) is 31.6 Å². The highest BCUT2D eigenvalue weighted by Gasteiger charge is 2.80. The summed E-state index contributed by atoms with van der Waals surface area (Å²) >= 11 is 1.02. The molecule has 0 fully saturated rings. The highest BCUT2D eigenvalue weighted by Crippen LogP contribution is 2.65. The molecule has 3 aromatic rings. The van der Waals surface area contributed by atoms with E-state index in [0.717, 1.165) is 17.4 Å². The Balaban J connectivity index is 2.04. The summed E-state index contributed by atoms with van der Waals surface area (Å²) in [5.41, 5.74) is -3.55. The number of aromatic nitrogens is 1. The third-order valence-corrected chi connectivity index (χ3v) is 7.18. The van der Waals surface area contributed by atoms with Gasteiger partial charge in [-0.1, -0.05) is 0 Å². The fraction of sp³-hybridized carbons (Fsp3) is 0.292. The Morgan fingerprint density at radius 1 is 0.912 bits per heavy atom. The van der Waals surface area contributed by atoms with Crippen molar-refractivity contribution in [1.29, 1.82) is 5.26 Å². The molecule has 1 aliphatic carbocycles. The van der Waals surface area contributed by atoms with Crippen LogP contribution in [0.15, 0.2) is 36.4 Å². The van der Waals surface area contributed by atoms with Crippen LogP contribution in [0.5, 0.6) is 5.75 Å². The van der Waals surface area contributed by atoms with Gasteiger partial charge in [0.2, 0.25) is 0 Å². The zero-order chi connectivity index (χ0) is 25.2. The van der Waals surface area contributed by atoms with Gasteiger partial charge in [-0.3, -0.25) is 0 Å². The Labute approximate surface area is 195 Å². The molecular formula is C24H18F6N2OS. The lowest BCUT2D eigenvalue weighted by molar-refractivity contribution is -0.254. The molecule has 0 saturated carbocycles. The number of halogens is 6. The van der Waals surface area contributed by atoms with Crippen LogP contribution in [0.2, 0.25) is 0 Å². The fourth-order valence-electron chi connectivity index (χ4n) is 4.12.